The quantitative estimate of drug-likeness (QED) is 0.780. The highest BCUT2D eigenvalue weighted by Crippen LogP contribution is 2.37. The Balaban J connectivity index is 2.08. The van der Waals surface area contributed by atoms with Gasteiger partial charge in [-0.3, -0.25) is 9.78 Å². The van der Waals surface area contributed by atoms with Crippen molar-refractivity contribution in [3.05, 3.63) is 53.9 Å². The number of nitrogens with zero attached hydrogens (tertiary/aromatic N) is 1. The minimum Gasteiger partial charge on any atom is -0.482 e. The van der Waals surface area contributed by atoms with Crippen LogP contribution in [0.25, 0.3) is 17.2 Å². The Kier molecular flexibility index (Phi) is 2.90. The van der Waals surface area contributed by atoms with E-state index in [9.17, 15) is 4.79 Å². The lowest BCUT2D eigenvalue weighted by molar-refractivity contribution is -0.106. The van der Waals surface area contributed by atoms with Gasteiger partial charge in [-0.05, 0) is 37.6 Å². The smallest absolute Gasteiger partial charge is 0.150 e. The van der Waals surface area contributed by atoms with Gasteiger partial charge in [0.05, 0.1) is 0 Å². The van der Waals surface area contributed by atoms with Crippen LogP contribution in [0.3, 0.4) is 0 Å². The topological polar surface area (TPSA) is 39.2 Å². The van der Waals surface area contributed by atoms with E-state index in [2.05, 4.69) is 4.98 Å². The number of aromatic nitrogens is 1. The van der Waals surface area contributed by atoms with Gasteiger partial charge >= 0.3 is 0 Å². The Bertz CT molecular complexity index is 687. The first-order chi connectivity index (χ1) is 9.60. The summed E-state index contributed by atoms with van der Waals surface area (Å²) >= 11 is 0. The van der Waals surface area contributed by atoms with Crippen molar-refractivity contribution >= 4 is 12.4 Å². The van der Waals surface area contributed by atoms with Crippen LogP contribution in [0.1, 0.15) is 19.4 Å². The van der Waals surface area contributed by atoms with Crippen molar-refractivity contribution < 1.29 is 9.53 Å². The van der Waals surface area contributed by atoms with Gasteiger partial charge in [0.2, 0.25) is 0 Å². The summed E-state index contributed by atoms with van der Waals surface area (Å²) in [6.07, 6.45) is 6.32. The Hall–Kier alpha value is -2.42. The molecule has 1 aromatic heterocycles. The highest BCUT2D eigenvalue weighted by molar-refractivity contribution is 5.87. The average Bonchev–Trinajstić information content (AvgIpc) is 2.46. The zero-order valence-corrected chi connectivity index (χ0v) is 11.5. The summed E-state index contributed by atoms with van der Waals surface area (Å²) in [6.45, 7) is 3.79. The molecule has 0 saturated carbocycles. The number of rotatable bonds is 2. The van der Waals surface area contributed by atoms with Crippen molar-refractivity contribution in [1.29, 1.82) is 0 Å². The van der Waals surface area contributed by atoms with E-state index < -0.39 is 5.60 Å². The third kappa shape index (κ3) is 2.11. The van der Waals surface area contributed by atoms with Gasteiger partial charge in [0.15, 0.2) is 0 Å². The molecule has 3 nitrogen and oxygen atoms in total. The molecule has 2 heterocycles. The number of hydrogen-bond acceptors (Lipinski definition) is 3. The van der Waals surface area contributed by atoms with Gasteiger partial charge in [-0.25, -0.2) is 0 Å². The number of aldehydes is 1. The fourth-order valence-corrected chi connectivity index (χ4v) is 2.31. The van der Waals surface area contributed by atoms with Crippen LogP contribution in [0.4, 0.5) is 0 Å². The molecule has 1 aromatic carbocycles. The summed E-state index contributed by atoms with van der Waals surface area (Å²) in [5.74, 6) is 0.793. The van der Waals surface area contributed by atoms with E-state index in [4.69, 9.17) is 4.74 Å². The van der Waals surface area contributed by atoms with Crippen molar-refractivity contribution in [3.63, 3.8) is 0 Å². The maximum absolute atomic E-state index is 11.1. The van der Waals surface area contributed by atoms with E-state index in [1.54, 1.807) is 6.20 Å². The molecule has 1 aliphatic rings. The van der Waals surface area contributed by atoms with Crippen LogP contribution in [0.15, 0.2) is 48.3 Å². The van der Waals surface area contributed by atoms with E-state index in [1.165, 1.54) is 0 Å². The summed E-state index contributed by atoms with van der Waals surface area (Å²) in [6, 6.07) is 9.89. The average molecular weight is 265 g/mol. The van der Waals surface area contributed by atoms with Crippen LogP contribution in [0.2, 0.25) is 0 Å². The van der Waals surface area contributed by atoms with E-state index in [0.717, 1.165) is 28.7 Å². The predicted octanol–water partition coefficient (Wildman–Crippen LogP) is 3.50. The molecule has 0 aliphatic carbocycles. The summed E-state index contributed by atoms with van der Waals surface area (Å²) < 4.78 is 5.96. The molecule has 0 saturated heterocycles. The van der Waals surface area contributed by atoms with E-state index in [-0.39, 0.29) is 0 Å². The summed E-state index contributed by atoms with van der Waals surface area (Å²) in [4.78, 5) is 15.2. The second-order valence-electron chi connectivity index (χ2n) is 5.32. The fourth-order valence-electron chi connectivity index (χ4n) is 2.31. The first-order valence-electron chi connectivity index (χ1n) is 6.51. The molecule has 0 radical (unpaired) electrons. The highest BCUT2D eigenvalue weighted by Gasteiger charge is 2.30. The molecule has 0 unspecified atom stereocenters. The minimum atomic E-state index is -0.595. The van der Waals surface area contributed by atoms with Gasteiger partial charge in [-0.15, -0.1) is 0 Å². The van der Waals surface area contributed by atoms with Crippen LogP contribution < -0.4 is 4.74 Å². The van der Waals surface area contributed by atoms with Gasteiger partial charge in [0.1, 0.15) is 17.6 Å². The highest BCUT2D eigenvalue weighted by atomic mass is 16.5. The molecular weight excluding hydrogens is 250 g/mol. The number of carbonyl (C=O) groups excluding carboxylic acids is 1. The molecule has 0 bridgehead atoms. The lowest BCUT2D eigenvalue weighted by atomic mass is 9.92. The standard InChI is InChI=1S/C17H15NO2/c1-17(2)15(11-19)8-13-6-5-12(9-16(13)20-17)14-4-3-7-18-10-14/h3-11H,1-2H3. The lowest BCUT2D eigenvalue weighted by Crippen LogP contribution is -2.33. The van der Waals surface area contributed by atoms with Crippen molar-refractivity contribution in [1.82, 2.24) is 4.98 Å². The van der Waals surface area contributed by atoms with E-state index >= 15 is 0 Å². The van der Waals surface area contributed by atoms with Crippen LogP contribution in [0, 0.1) is 0 Å². The Morgan fingerprint density at radius 3 is 2.75 bits per heavy atom. The van der Waals surface area contributed by atoms with Crippen molar-refractivity contribution in [2.75, 3.05) is 0 Å². The number of benzene rings is 1. The van der Waals surface area contributed by atoms with Crippen LogP contribution >= 0.6 is 0 Å². The number of ether oxygens (including phenoxy) is 1. The molecular formula is C17H15NO2. The molecule has 0 atom stereocenters. The molecule has 2 aromatic rings. The van der Waals surface area contributed by atoms with Crippen LogP contribution in [-0.2, 0) is 4.79 Å². The second-order valence-corrected chi connectivity index (χ2v) is 5.32. The maximum atomic E-state index is 11.1. The molecule has 1 aliphatic heterocycles. The molecule has 3 heteroatoms. The van der Waals surface area contributed by atoms with Crippen molar-refractivity contribution in [2.24, 2.45) is 0 Å². The normalized spacial score (nSPS) is 15.8. The zero-order valence-electron chi connectivity index (χ0n) is 11.5. The van der Waals surface area contributed by atoms with Gasteiger partial charge < -0.3 is 4.74 Å². The molecule has 0 spiro atoms. The minimum absolute atomic E-state index is 0.595. The number of carbonyl (C=O) groups is 1. The summed E-state index contributed by atoms with van der Waals surface area (Å²) in [5, 5.41) is 0. The predicted molar refractivity (Wildman–Crippen MR) is 78.4 cm³/mol. The Morgan fingerprint density at radius 2 is 2.05 bits per heavy atom. The van der Waals surface area contributed by atoms with E-state index in [1.807, 2.05) is 56.5 Å². The maximum Gasteiger partial charge on any atom is 0.150 e. The monoisotopic (exact) mass is 265 g/mol. The molecule has 20 heavy (non-hydrogen) atoms. The van der Waals surface area contributed by atoms with Gasteiger partial charge in [0, 0.05) is 29.1 Å². The molecule has 100 valence electrons. The van der Waals surface area contributed by atoms with E-state index in [0.29, 0.717) is 5.57 Å². The van der Waals surface area contributed by atoms with Crippen molar-refractivity contribution in [2.45, 2.75) is 19.4 Å². The molecule has 0 N–H and O–H groups in total. The third-order valence-corrected chi connectivity index (χ3v) is 3.51. The first kappa shape index (κ1) is 12.6. The molecule has 0 amide bonds. The zero-order chi connectivity index (χ0) is 14.2. The Morgan fingerprint density at radius 1 is 1.20 bits per heavy atom. The van der Waals surface area contributed by atoms with Gasteiger partial charge in [0.25, 0.3) is 0 Å². The van der Waals surface area contributed by atoms with Crippen LogP contribution in [0.5, 0.6) is 5.75 Å². The first-order valence-corrected chi connectivity index (χ1v) is 6.51. The summed E-state index contributed by atoms with van der Waals surface area (Å²) in [5.41, 5.74) is 3.08. The second kappa shape index (κ2) is 4.60. The molecule has 3 rings (SSSR count). The largest absolute Gasteiger partial charge is 0.482 e. The number of hydrogen-bond donors (Lipinski definition) is 0. The Labute approximate surface area is 117 Å². The number of fused-ring (bicyclic) bond motifs is 1. The van der Waals surface area contributed by atoms with Crippen molar-refractivity contribution in [3.8, 4) is 16.9 Å². The van der Waals surface area contributed by atoms with Gasteiger partial charge in [-0.2, -0.15) is 0 Å². The fraction of sp³-hybridized carbons (Fsp3) is 0.176. The summed E-state index contributed by atoms with van der Waals surface area (Å²) in [7, 11) is 0. The third-order valence-electron chi connectivity index (χ3n) is 3.51. The number of pyridine rings is 1. The lowest BCUT2D eigenvalue weighted by Gasteiger charge is -2.31. The van der Waals surface area contributed by atoms with Gasteiger partial charge in [-0.1, -0.05) is 18.2 Å². The van der Waals surface area contributed by atoms with Crippen LogP contribution in [-0.4, -0.2) is 16.9 Å². The SMILES string of the molecule is CC1(C)Oc2cc(-c3cccnc3)ccc2C=C1C=O. The molecule has 0 fully saturated rings.